The molecule has 1 rings (SSSR count). The van der Waals surface area contributed by atoms with E-state index in [9.17, 15) is 9.59 Å². The number of carbonyl (C=O) groups is 2. The Labute approximate surface area is 131 Å². The molecule has 0 amide bonds. The van der Waals surface area contributed by atoms with Crippen molar-refractivity contribution in [3.05, 3.63) is 29.3 Å². The second-order valence-electron chi connectivity index (χ2n) is 4.68. The number of esters is 2. The number of rotatable bonds is 9. The average molecular weight is 308 g/mol. The van der Waals surface area contributed by atoms with Gasteiger partial charge in [-0.1, -0.05) is 25.8 Å². The van der Waals surface area contributed by atoms with Crippen molar-refractivity contribution < 1.29 is 23.8 Å². The minimum atomic E-state index is -0.501. The summed E-state index contributed by atoms with van der Waals surface area (Å²) in [7, 11) is 0. The lowest BCUT2D eigenvalue weighted by molar-refractivity contribution is 0.0515. The molecule has 0 aliphatic carbocycles. The number of para-hydroxylation sites is 1. The molecule has 0 N–H and O–H groups in total. The van der Waals surface area contributed by atoms with E-state index < -0.39 is 11.9 Å². The van der Waals surface area contributed by atoms with Crippen molar-refractivity contribution in [2.75, 3.05) is 19.8 Å². The molecule has 122 valence electrons. The summed E-state index contributed by atoms with van der Waals surface area (Å²) in [6.45, 7) is 6.52. The molecule has 22 heavy (non-hydrogen) atoms. The van der Waals surface area contributed by atoms with E-state index in [1.807, 2.05) is 0 Å². The first-order valence-electron chi connectivity index (χ1n) is 7.75. The van der Waals surface area contributed by atoms with Gasteiger partial charge < -0.3 is 14.2 Å². The molecule has 0 aliphatic heterocycles. The highest BCUT2D eigenvalue weighted by Crippen LogP contribution is 2.26. The summed E-state index contributed by atoms with van der Waals surface area (Å²) < 4.78 is 15.7. The van der Waals surface area contributed by atoms with Crippen LogP contribution in [0.25, 0.3) is 0 Å². The number of hydrogen-bond donors (Lipinski definition) is 0. The smallest absolute Gasteiger partial charge is 0.341 e. The van der Waals surface area contributed by atoms with Gasteiger partial charge in [0.05, 0.1) is 19.8 Å². The van der Waals surface area contributed by atoms with E-state index in [4.69, 9.17) is 14.2 Å². The zero-order valence-electron chi connectivity index (χ0n) is 13.5. The molecule has 0 aromatic heterocycles. The van der Waals surface area contributed by atoms with Crippen molar-refractivity contribution in [3.8, 4) is 5.75 Å². The van der Waals surface area contributed by atoms with E-state index >= 15 is 0 Å². The van der Waals surface area contributed by atoms with Gasteiger partial charge in [0.15, 0.2) is 0 Å². The van der Waals surface area contributed by atoms with Crippen LogP contribution in [-0.2, 0) is 9.47 Å². The van der Waals surface area contributed by atoms with E-state index in [1.54, 1.807) is 32.0 Å². The van der Waals surface area contributed by atoms with Gasteiger partial charge in [-0.15, -0.1) is 0 Å². The molecule has 1 aromatic rings. The van der Waals surface area contributed by atoms with E-state index in [2.05, 4.69) is 6.92 Å². The third kappa shape index (κ3) is 5.06. The molecule has 0 saturated carbocycles. The van der Waals surface area contributed by atoms with E-state index in [1.165, 1.54) is 0 Å². The molecule has 0 unspecified atom stereocenters. The maximum absolute atomic E-state index is 12.0. The maximum Gasteiger partial charge on any atom is 0.341 e. The second kappa shape index (κ2) is 9.82. The van der Waals surface area contributed by atoms with Gasteiger partial charge in [-0.2, -0.15) is 0 Å². The van der Waals surface area contributed by atoms with Crippen LogP contribution in [-0.4, -0.2) is 31.8 Å². The highest BCUT2D eigenvalue weighted by molar-refractivity contribution is 6.00. The summed E-state index contributed by atoms with van der Waals surface area (Å²) >= 11 is 0. The van der Waals surface area contributed by atoms with Gasteiger partial charge >= 0.3 is 11.9 Å². The van der Waals surface area contributed by atoms with E-state index in [-0.39, 0.29) is 30.1 Å². The second-order valence-corrected chi connectivity index (χ2v) is 4.68. The van der Waals surface area contributed by atoms with Crippen molar-refractivity contribution >= 4 is 11.9 Å². The van der Waals surface area contributed by atoms with Crippen LogP contribution in [0, 0.1) is 0 Å². The number of carbonyl (C=O) groups excluding carboxylic acids is 2. The molecule has 0 atom stereocenters. The van der Waals surface area contributed by atoms with Crippen LogP contribution in [0.4, 0.5) is 0 Å². The molecule has 0 radical (unpaired) electrons. The van der Waals surface area contributed by atoms with Gasteiger partial charge in [0.25, 0.3) is 0 Å². The minimum absolute atomic E-state index is 0.246. The first kappa shape index (κ1) is 18.0. The van der Waals surface area contributed by atoms with Crippen LogP contribution >= 0.6 is 0 Å². The van der Waals surface area contributed by atoms with Crippen LogP contribution in [0.1, 0.15) is 60.7 Å². The SMILES string of the molecule is CCCCCOc1c(C(=O)OCC)cccc1C(=O)OCC. The van der Waals surface area contributed by atoms with Crippen molar-refractivity contribution in [3.63, 3.8) is 0 Å². The summed E-state index contributed by atoms with van der Waals surface area (Å²) in [5.74, 6) is -0.756. The zero-order valence-corrected chi connectivity index (χ0v) is 13.5. The average Bonchev–Trinajstić information content (AvgIpc) is 2.52. The van der Waals surface area contributed by atoms with Crippen LogP contribution in [0.5, 0.6) is 5.75 Å². The number of hydrogen-bond acceptors (Lipinski definition) is 5. The largest absolute Gasteiger partial charge is 0.492 e. The van der Waals surface area contributed by atoms with Crippen molar-refractivity contribution in [2.45, 2.75) is 40.0 Å². The number of benzene rings is 1. The molecule has 0 fully saturated rings. The lowest BCUT2D eigenvalue weighted by Crippen LogP contribution is -2.14. The Balaban J connectivity index is 3.06. The first-order chi connectivity index (χ1) is 10.7. The predicted octanol–water partition coefficient (Wildman–Crippen LogP) is 3.61. The van der Waals surface area contributed by atoms with Gasteiger partial charge in [-0.25, -0.2) is 9.59 Å². The fourth-order valence-corrected chi connectivity index (χ4v) is 1.96. The monoisotopic (exact) mass is 308 g/mol. The topological polar surface area (TPSA) is 61.8 Å². The van der Waals surface area contributed by atoms with Crippen molar-refractivity contribution in [2.24, 2.45) is 0 Å². The predicted molar refractivity (Wildman–Crippen MR) is 83.4 cm³/mol. The fraction of sp³-hybridized carbons (Fsp3) is 0.529. The summed E-state index contributed by atoms with van der Waals surface area (Å²) in [6, 6.07) is 4.81. The van der Waals surface area contributed by atoms with Crippen LogP contribution in [0.15, 0.2) is 18.2 Å². The zero-order chi connectivity index (χ0) is 16.4. The Hall–Kier alpha value is -2.04. The Bertz CT molecular complexity index is 460. The van der Waals surface area contributed by atoms with Gasteiger partial charge in [-0.05, 0) is 32.4 Å². The highest BCUT2D eigenvalue weighted by atomic mass is 16.5. The summed E-state index contributed by atoms with van der Waals surface area (Å²) in [6.07, 6.45) is 2.94. The van der Waals surface area contributed by atoms with Crippen LogP contribution in [0.3, 0.4) is 0 Å². The maximum atomic E-state index is 12.0. The summed E-state index contributed by atoms with van der Waals surface area (Å²) in [5, 5.41) is 0. The lowest BCUT2D eigenvalue weighted by Gasteiger charge is -2.14. The summed E-state index contributed by atoms with van der Waals surface area (Å²) in [5.41, 5.74) is 0.507. The molecule has 0 aliphatic rings. The van der Waals surface area contributed by atoms with Gasteiger partial charge in [-0.3, -0.25) is 0 Å². The molecular formula is C17H24O5. The van der Waals surface area contributed by atoms with Crippen molar-refractivity contribution in [1.82, 2.24) is 0 Å². The third-order valence-corrected chi connectivity index (χ3v) is 3.00. The Morgan fingerprint density at radius 1 is 0.909 bits per heavy atom. The Kier molecular flexibility index (Phi) is 8.04. The fourth-order valence-electron chi connectivity index (χ4n) is 1.96. The van der Waals surface area contributed by atoms with E-state index in [0.717, 1.165) is 19.3 Å². The minimum Gasteiger partial charge on any atom is -0.492 e. The molecular weight excluding hydrogens is 284 g/mol. The standard InChI is InChI=1S/C17H24O5/c1-4-7-8-12-22-15-13(16(18)20-5-2)10-9-11-14(15)17(19)21-6-3/h9-11H,4-8,12H2,1-3H3. The molecule has 5 heteroatoms. The molecule has 0 spiro atoms. The third-order valence-electron chi connectivity index (χ3n) is 3.00. The lowest BCUT2D eigenvalue weighted by atomic mass is 10.1. The first-order valence-corrected chi connectivity index (χ1v) is 7.75. The van der Waals surface area contributed by atoms with Crippen molar-refractivity contribution in [1.29, 1.82) is 0 Å². The normalized spacial score (nSPS) is 10.1. The summed E-state index contributed by atoms with van der Waals surface area (Å²) in [4.78, 5) is 24.1. The quantitative estimate of drug-likeness (QED) is 0.515. The Morgan fingerprint density at radius 3 is 1.91 bits per heavy atom. The number of unbranched alkanes of at least 4 members (excludes halogenated alkanes) is 2. The van der Waals surface area contributed by atoms with Gasteiger partial charge in [0, 0.05) is 0 Å². The Morgan fingerprint density at radius 2 is 1.45 bits per heavy atom. The molecule has 1 aromatic carbocycles. The van der Waals surface area contributed by atoms with Gasteiger partial charge in [0.2, 0.25) is 0 Å². The number of ether oxygens (including phenoxy) is 3. The van der Waals surface area contributed by atoms with Crippen LogP contribution in [0.2, 0.25) is 0 Å². The highest BCUT2D eigenvalue weighted by Gasteiger charge is 2.22. The van der Waals surface area contributed by atoms with E-state index in [0.29, 0.717) is 6.61 Å². The molecule has 0 saturated heterocycles. The van der Waals surface area contributed by atoms with Gasteiger partial charge in [0.1, 0.15) is 16.9 Å². The molecule has 0 bridgehead atoms. The molecule has 0 heterocycles. The van der Waals surface area contributed by atoms with Crippen LogP contribution < -0.4 is 4.74 Å². The molecule has 5 nitrogen and oxygen atoms in total.